The highest BCUT2D eigenvalue weighted by atomic mass is 79.9. The van der Waals surface area contributed by atoms with Gasteiger partial charge < -0.3 is 0 Å². The fraction of sp³-hybridized carbons (Fsp3) is 0.417. The van der Waals surface area contributed by atoms with Crippen LogP contribution in [0.5, 0.6) is 0 Å². The average Bonchev–Trinajstić information content (AvgIpc) is 2.26. The first-order valence-electron chi connectivity index (χ1n) is 5.05. The van der Waals surface area contributed by atoms with E-state index in [1.807, 2.05) is 38.1 Å². The maximum Gasteiger partial charge on any atom is 0.145 e. The van der Waals surface area contributed by atoms with Crippen LogP contribution in [0.25, 0.3) is 0 Å². The third-order valence-corrected chi connectivity index (χ3v) is 4.42. The van der Waals surface area contributed by atoms with Gasteiger partial charge in [0.2, 0.25) is 0 Å². The van der Waals surface area contributed by atoms with Crippen LogP contribution in [-0.2, 0) is 4.79 Å². The molecule has 1 aromatic carbocycles. The zero-order valence-corrected chi connectivity index (χ0v) is 11.4. The molecule has 0 aliphatic carbocycles. The van der Waals surface area contributed by atoms with E-state index in [2.05, 4.69) is 15.9 Å². The molecular formula is C12H15BrOS. The molecule has 0 heterocycles. The Hall–Kier alpha value is -0.280. The quantitative estimate of drug-likeness (QED) is 0.756. The summed E-state index contributed by atoms with van der Waals surface area (Å²) < 4.78 is 1.06. The molecule has 0 bridgehead atoms. The molecule has 0 amide bonds. The normalized spacial score (nSPS) is 12.5. The lowest BCUT2D eigenvalue weighted by molar-refractivity contribution is -0.119. The van der Waals surface area contributed by atoms with Crippen LogP contribution in [0, 0.1) is 5.92 Å². The van der Waals surface area contributed by atoms with E-state index >= 15 is 0 Å². The van der Waals surface area contributed by atoms with Crippen LogP contribution < -0.4 is 0 Å². The lowest BCUT2D eigenvalue weighted by Gasteiger charge is -2.07. The maximum absolute atomic E-state index is 11.6. The lowest BCUT2D eigenvalue weighted by atomic mass is 10.1. The standard InChI is InChI=1S/C12H15BrOS/c1-3-9(2)11(14)8-15-12-7-5-4-6-10(12)13/h4-7,9H,3,8H2,1-2H3. The van der Waals surface area contributed by atoms with Crippen molar-refractivity contribution in [3.63, 3.8) is 0 Å². The van der Waals surface area contributed by atoms with Crippen LogP contribution in [0.1, 0.15) is 20.3 Å². The molecule has 1 unspecified atom stereocenters. The van der Waals surface area contributed by atoms with Crippen LogP contribution in [0.15, 0.2) is 33.6 Å². The number of hydrogen-bond acceptors (Lipinski definition) is 2. The third-order valence-electron chi connectivity index (χ3n) is 2.37. The van der Waals surface area contributed by atoms with Crippen LogP contribution in [-0.4, -0.2) is 11.5 Å². The molecule has 0 fully saturated rings. The highest BCUT2D eigenvalue weighted by Gasteiger charge is 2.11. The zero-order chi connectivity index (χ0) is 11.3. The molecule has 0 aromatic heterocycles. The number of thioether (sulfide) groups is 1. The molecule has 0 N–H and O–H groups in total. The van der Waals surface area contributed by atoms with Crippen molar-refractivity contribution in [1.29, 1.82) is 0 Å². The Morgan fingerprint density at radius 2 is 2.13 bits per heavy atom. The number of halogens is 1. The second kappa shape index (κ2) is 6.33. The van der Waals surface area contributed by atoms with Crippen molar-refractivity contribution in [2.45, 2.75) is 25.2 Å². The minimum atomic E-state index is 0.181. The van der Waals surface area contributed by atoms with Gasteiger partial charge >= 0.3 is 0 Å². The number of benzene rings is 1. The van der Waals surface area contributed by atoms with E-state index in [-0.39, 0.29) is 5.92 Å². The van der Waals surface area contributed by atoms with Crippen molar-refractivity contribution in [2.75, 3.05) is 5.75 Å². The van der Waals surface area contributed by atoms with Crippen LogP contribution in [0.3, 0.4) is 0 Å². The topological polar surface area (TPSA) is 17.1 Å². The summed E-state index contributed by atoms with van der Waals surface area (Å²) in [4.78, 5) is 12.8. The summed E-state index contributed by atoms with van der Waals surface area (Å²) in [6, 6.07) is 7.99. The van der Waals surface area contributed by atoms with Crippen LogP contribution >= 0.6 is 27.7 Å². The summed E-state index contributed by atoms with van der Waals surface area (Å²) in [6.45, 7) is 4.04. The monoisotopic (exact) mass is 286 g/mol. The van der Waals surface area contributed by atoms with E-state index in [9.17, 15) is 4.79 Å². The Labute approximate surface area is 104 Å². The predicted molar refractivity (Wildman–Crippen MR) is 69.3 cm³/mol. The molecule has 15 heavy (non-hydrogen) atoms. The molecule has 82 valence electrons. The number of carbonyl (C=O) groups excluding carboxylic acids is 1. The van der Waals surface area contributed by atoms with Crippen molar-refractivity contribution in [2.24, 2.45) is 5.92 Å². The van der Waals surface area contributed by atoms with Crippen molar-refractivity contribution in [3.05, 3.63) is 28.7 Å². The Morgan fingerprint density at radius 3 is 2.73 bits per heavy atom. The van der Waals surface area contributed by atoms with Crippen molar-refractivity contribution >= 4 is 33.5 Å². The third kappa shape index (κ3) is 3.99. The van der Waals surface area contributed by atoms with Gasteiger partial charge in [-0.3, -0.25) is 4.79 Å². The summed E-state index contributed by atoms with van der Waals surface area (Å²) in [7, 11) is 0. The molecule has 1 aromatic rings. The van der Waals surface area contributed by atoms with Crippen molar-refractivity contribution in [3.8, 4) is 0 Å². The molecule has 1 rings (SSSR count). The zero-order valence-electron chi connectivity index (χ0n) is 9.00. The fourth-order valence-electron chi connectivity index (χ4n) is 1.08. The summed E-state index contributed by atoms with van der Waals surface area (Å²) >= 11 is 5.07. The fourth-order valence-corrected chi connectivity index (χ4v) is 2.67. The summed E-state index contributed by atoms with van der Waals surface area (Å²) in [6.07, 6.45) is 0.926. The van der Waals surface area contributed by atoms with E-state index in [0.29, 0.717) is 11.5 Å². The van der Waals surface area contributed by atoms with Gasteiger partial charge in [0.25, 0.3) is 0 Å². The SMILES string of the molecule is CCC(C)C(=O)CSc1ccccc1Br. The van der Waals surface area contributed by atoms with E-state index < -0.39 is 0 Å². The Kier molecular flexibility index (Phi) is 5.40. The number of rotatable bonds is 5. The van der Waals surface area contributed by atoms with E-state index in [4.69, 9.17) is 0 Å². The molecule has 0 aliphatic rings. The molecule has 0 saturated heterocycles. The van der Waals surface area contributed by atoms with Gasteiger partial charge in [-0.2, -0.15) is 0 Å². The highest BCUT2D eigenvalue weighted by molar-refractivity contribution is 9.10. The van der Waals surface area contributed by atoms with Gasteiger partial charge in [-0.05, 0) is 34.5 Å². The van der Waals surface area contributed by atoms with Gasteiger partial charge in [0.1, 0.15) is 5.78 Å². The molecule has 0 spiro atoms. The van der Waals surface area contributed by atoms with Gasteiger partial charge in [0.05, 0.1) is 5.75 Å². The van der Waals surface area contributed by atoms with E-state index in [1.54, 1.807) is 11.8 Å². The van der Waals surface area contributed by atoms with Crippen molar-refractivity contribution < 1.29 is 4.79 Å². The smallest absolute Gasteiger partial charge is 0.145 e. The van der Waals surface area contributed by atoms with E-state index in [1.165, 1.54) is 0 Å². The largest absolute Gasteiger partial charge is 0.298 e. The molecule has 3 heteroatoms. The van der Waals surface area contributed by atoms with E-state index in [0.717, 1.165) is 15.8 Å². The average molecular weight is 287 g/mol. The number of carbonyl (C=O) groups is 1. The Balaban J connectivity index is 2.51. The van der Waals surface area contributed by atoms with Crippen LogP contribution in [0.2, 0.25) is 0 Å². The maximum atomic E-state index is 11.6. The van der Waals surface area contributed by atoms with Gasteiger partial charge in [0.15, 0.2) is 0 Å². The minimum Gasteiger partial charge on any atom is -0.298 e. The van der Waals surface area contributed by atoms with Gasteiger partial charge in [-0.25, -0.2) is 0 Å². The first-order chi connectivity index (χ1) is 7.15. The number of Topliss-reactive ketones (excluding diaryl/α,β-unsaturated/α-hetero) is 1. The first-order valence-corrected chi connectivity index (χ1v) is 6.83. The Bertz CT molecular complexity index is 338. The lowest BCUT2D eigenvalue weighted by Crippen LogP contribution is -2.12. The predicted octanol–water partition coefficient (Wildman–Crippen LogP) is 4.16. The van der Waals surface area contributed by atoms with Crippen molar-refractivity contribution in [1.82, 2.24) is 0 Å². The van der Waals surface area contributed by atoms with Crippen LogP contribution in [0.4, 0.5) is 0 Å². The molecule has 1 atom stereocenters. The Morgan fingerprint density at radius 1 is 1.47 bits per heavy atom. The first kappa shape index (κ1) is 12.8. The molecular weight excluding hydrogens is 272 g/mol. The van der Waals surface area contributed by atoms with Gasteiger partial charge in [-0.15, -0.1) is 11.8 Å². The molecule has 0 aliphatic heterocycles. The highest BCUT2D eigenvalue weighted by Crippen LogP contribution is 2.27. The molecule has 0 radical (unpaired) electrons. The summed E-state index contributed by atoms with van der Waals surface area (Å²) in [5.74, 6) is 1.08. The minimum absolute atomic E-state index is 0.181. The molecule has 1 nitrogen and oxygen atoms in total. The van der Waals surface area contributed by atoms with Gasteiger partial charge in [0, 0.05) is 15.3 Å². The molecule has 0 saturated carbocycles. The second-order valence-corrected chi connectivity index (χ2v) is 5.37. The number of hydrogen-bond donors (Lipinski definition) is 0. The van der Waals surface area contributed by atoms with Gasteiger partial charge in [-0.1, -0.05) is 26.0 Å². The summed E-state index contributed by atoms with van der Waals surface area (Å²) in [5, 5.41) is 0. The second-order valence-electron chi connectivity index (χ2n) is 3.49. The number of ketones is 1. The summed E-state index contributed by atoms with van der Waals surface area (Å²) in [5.41, 5.74) is 0.